The second-order valence-electron chi connectivity index (χ2n) is 2.59. The van der Waals surface area contributed by atoms with Crippen molar-refractivity contribution in [3.8, 4) is 0 Å². The van der Waals surface area contributed by atoms with Gasteiger partial charge in [0.1, 0.15) is 0 Å². The lowest BCUT2D eigenvalue weighted by atomic mass is 10.3. The highest BCUT2D eigenvalue weighted by Gasteiger charge is 2.02. The first-order chi connectivity index (χ1) is 5.92. The van der Waals surface area contributed by atoms with E-state index >= 15 is 0 Å². The fourth-order valence-corrected chi connectivity index (χ4v) is 1.24. The predicted octanol–water partition coefficient (Wildman–Crippen LogP) is 1.13. The van der Waals surface area contributed by atoms with Crippen LogP contribution in [0.5, 0.6) is 0 Å². The quantitative estimate of drug-likeness (QED) is 0.657. The topological polar surface area (TPSA) is 29.4 Å². The Morgan fingerprint density at radius 3 is 3.42 bits per heavy atom. The average Bonchev–Trinajstić information content (AvgIpc) is 2.53. The van der Waals surface area contributed by atoms with E-state index in [9.17, 15) is 0 Å². The Labute approximate surface area is 71.4 Å². The molecule has 3 nitrogen and oxygen atoms in total. The van der Waals surface area contributed by atoms with Crippen LogP contribution < -0.4 is 15.4 Å². The van der Waals surface area contributed by atoms with Crippen LogP contribution in [0.2, 0.25) is 0 Å². The molecule has 0 unspecified atom stereocenters. The third-order valence-corrected chi connectivity index (χ3v) is 1.77. The second kappa shape index (κ2) is 2.77. The Kier molecular flexibility index (Phi) is 1.63. The molecular weight excluding hydrogens is 150 g/mol. The number of aromatic nitrogens is 1. The molecule has 0 spiro atoms. The van der Waals surface area contributed by atoms with E-state index < -0.39 is 0 Å². The highest BCUT2D eigenvalue weighted by atomic mass is 15.5. The van der Waals surface area contributed by atoms with Crippen molar-refractivity contribution in [2.45, 2.75) is 0 Å². The monoisotopic (exact) mass is 160 g/mol. The number of anilines is 1. The largest absolute Gasteiger partial charge is 0.441 e. The molecule has 1 aromatic heterocycles. The Morgan fingerprint density at radius 2 is 2.58 bits per heavy atom. The maximum absolute atomic E-state index is 4.22. The summed E-state index contributed by atoms with van der Waals surface area (Å²) >= 11 is 0. The number of hydrazine groups is 1. The summed E-state index contributed by atoms with van der Waals surface area (Å²) in [5, 5.41) is 1.95. The number of hydrogen-bond acceptors (Lipinski definition) is 2. The van der Waals surface area contributed by atoms with Gasteiger partial charge in [0.05, 0.1) is 0 Å². The lowest BCUT2D eigenvalue weighted by Gasteiger charge is -2.34. The highest BCUT2D eigenvalue weighted by molar-refractivity contribution is 5.66. The fraction of sp³-hybridized carbons (Fsp3) is 0.111. The lowest BCUT2D eigenvalue weighted by molar-refractivity contribution is 0.771. The van der Waals surface area contributed by atoms with Crippen LogP contribution in [-0.4, -0.2) is 6.54 Å². The molecule has 1 aromatic rings. The summed E-state index contributed by atoms with van der Waals surface area (Å²) in [4.78, 5) is 4.22. The third kappa shape index (κ3) is 0.993. The maximum Gasteiger partial charge on any atom is 0.0000485 e. The minimum absolute atomic E-state index is 0.758. The van der Waals surface area contributed by atoms with E-state index in [1.165, 1.54) is 0 Å². The molecule has 0 saturated heterocycles. The molecule has 0 bridgehead atoms. The number of nitrogens with one attached hydrogen (secondary N) is 1. The normalized spacial score (nSPS) is 13.8. The summed E-state index contributed by atoms with van der Waals surface area (Å²) in [6, 6.07) is 1.99. The van der Waals surface area contributed by atoms with E-state index in [0.29, 0.717) is 0 Å². The summed E-state index contributed by atoms with van der Waals surface area (Å²) in [7, 11) is 0. The van der Waals surface area contributed by atoms with Crippen LogP contribution in [0.3, 0.4) is 0 Å². The van der Waals surface area contributed by atoms with Crippen LogP contribution in [0.15, 0.2) is 31.1 Å². The van der Waals surface area contributed by atoms with E-state index in [-0.39, 0.29) is 0 Å². The molecule has 0 saturated carbocycles. The summed E-state index contributed by atoms with van der Waals surface area (Å²) < 4.78 is 0. The summed E-state index contributed by atoms with van der Waals surface area (Å²) in [5.74, 6) is 0.970. The Bertz CT molecular complexity index is 311. The zero-order valence-corrected chi connectivity index (χ0v) is 6.70. The molecule has 12 heavy (non-hydrogen) atoms. The van der Waals surface area contributed by atoms with Gasteiger partial charge in [0.25, 0.3) is 0 Å². The van der Waals surface area contributed by atoms with E-state index in [2.05, 4.69) is 17.0 Å². The minimum Gasteiger partial charge on any atom is -0.441 e. The predicted molar refractivity (Wildman–Crippen MR) is 49.5 cm³/mol. The minimum atomic E-state index is 0.758. The van der Waals surface area contributed by atoms with Crippen molar-refractivity contribution in [3.63, 3.8) is 0 Å². The molecule has 0 radical (unpaired) electrons. The molecule has 3 heteroatoms. The second-order valence-corrected chi connectivity index (χ2v) is 2.59. The molecule has 0 amide bonds. The van der Waals surface area contributed by atoms with Gasteiger partial charge in [0.15, 0.2) is 0 Å². The summed E-state index contributed by atoms with van der Waals surface area (Å²) in [5.41, 5.74) is 4.23. The van der Waals surface area contributed by atoms with Gasteiger partial charge in [-0.2, -0.15) is 0 Å². The van der Waals surface area contributed by atoms with Crippen molar-refractivity contribution < 1.29 is 0 Å². The molecule has 0 atom stereocenters. The van der Waals surface area contributed by atoms with Gasteiger partial charge in [0.2, 0.25) is 0 Å². The van der Waals surface area contributed by atoms with Gasteiger partial charge in [0, 0.05) is 6.20 Å². The van der Waals surface area contributed by atoms with Crippen LogP contribution in [-0.2, 0) is 0 Å². The molecule has 1 aliphatic heterocycles. The molecule has 1 aliphatic rings. The van der Waals surface area contributed by atoms with Crippen LogP contribution in [0.25, 0.3) is 6.08 Å². The summed E-state index contributed by atoms with van der Waals surface area (Å²) in [6.45, 7) is 4.44. The molecular formula is C9H10N3-. The van der Waals surface area contributed by atoms with Crippen LogP contribution in [0, 0.1) is 0 Å². The van der Waals surface area contributed by atoms with Crippen molar-refractivity contribution in [2.75, 3.05) is 11.6 Å². The lowest BCUT2D eigenvalue weighted by Crippen LogP contribution is -2.36. The molecule has 0 aliphatic carbocycles. The number of fused-ring (bicyclic) bond motifs is 1. The molecule has 2 heterocycles. The molecule has 2 rings (SSSR count). The Morgan fingerprint density at radius 1 is 1.67 bits per heavy atom. The first-order valence-electron chi connectivity index (χ1n) is 3.84. The van der Waals surface area contributed by atoms with Gasteiger partial charge < -0.3 is 15.4 Å². The smallest absolute Gasteiger partial charge is 0.0000485 e. The van der Waals surface area contributed by atoms with Crippen LogP contribution in [0.4, 0.5) is 5.82 Å². The van der Waals surface area contributed by atoms with E-state index in [1.807, 2.05) is 29.4 Å². The van der Waals surface area contributed by atoms with Crippen molar-refractivity contribution in [1.82, 2.24) is 10.4 Å². The van der Waals surface area contributed by atoms with Crippen LogP contribution in [0.1, 0.15) is 5.56 Å². The van der Waals surface area contributed by atoms with Gasteiger partial charge in [-0.1, -0.05) is 18.3 Å². The van der Waals surface area contributed by atoms with Crippen molar-refractivity contribution in [3.05, 3.63) is 36.7 Å². The summed E-state index contributed by atoms with van der Waals surface area (Å²) in [6.07, 6.45) is 7.54. The van der Waals surface area contributed by atoms with Crippen LogP contribution >= 0.6 is 0 Å². The maximum atomic E-state index is 4.22. The molecule has 0 fully saturated rings. The Hall–Kier alpha value is -1.64. The number of nitrogens with zero attached hydrogens (tertiary/aromatic N) is 2. The third-order valence-electron chi connectivity index (χ3n) is 1.77. The van der Waals surface area contributed by atoms with E-state index in [4.69, 9.17) is 0 Å². The van der Waals surface area contributed by atoms with Gasteiger partial charge in [-0.25, -0.2) is 0 Å². The van der Waals surface area contributed by atoms with Gasteiger partial charge in [-0.05, 0) is 24.0 Å². The molecule has 1 N–H and O–H groups in total. The first kappa shape index (κ1) is 7.03. The van der Waals surface area contributed by atoms with Crippen molar-refractivity contribution >= 4 is 11.9 Å². The van der Waals surface area contributed by atoms with Gasteiger partial charge in [-0.15, -0.1) is 6.58 Å². The first-order valence-corrected chi connectivity index (χ1v) is 3.84. The highest BCUT2D eigenvalue weighted by Crippen LogP contribution is 2.19. The van der Waals surface area contributed by atoms with Crippen molar-refractivity contribution in [1.29, 1.82) is 0 Å². The van der Waals surface area contributed by atoms with Gasteiger partial charge in [-0.3, -0.25) is 0 Å². The molecule has 62 valence electrons. The molecule has 0 aromatic carbocycles. The van der Waals surface area contributed by atoms with E-state index in [0.717, 1.165) is 17.9 Å². The Balaban J connectivity index is 2.31. The number of rotatable bonds is 2. The average molecular weight is 160 g/mol. The van der Waals surface area contributed by atoms with E-state index in [1.54, 1.807) is 6.20 Å². The van der Waals surface area contributed by atoms with Crippen molar-refractivity contribution in [2.24, 2.45) is 0 Å². The zero-order valence-electron chi connectivity index (χ0n) is 6.70. The number of hydrogen-bond donors (Lipinski definition) is 1. The fourth-order valence-electron chi connectivity index (χ4n) is 1.24. The van der Waals surface area contributed by atoms with Gasteiger partial charge >= 0.3 is 0 Å². The standard InChI is InChI=1S/C9H10N3/c1-2-7-12-9-8(3-5-10-9)4-6-11-12/h2-6,11H,1,7H2/q-1. The zero-order chi connectivity index (χ0) is 8.39. The SMILES string of the molecule is C=CCN1NC=Cc2cc[n-]c21.